The van der Waals surface area contributed by atoms with Crippen LogP contribution in [0, 0.1) is 0 Å². The number of nitrogens with zero attached hydrogens (tertiary/aromatic N) is 14. The number of likely N-dealkylation sites (N-methyl/N-ethyl adjacent to an activating group) is 2. The zero-order valence-corrected chi connectivity index (χ0v) is 73.6. The van der Waals surface area contributed by atoms with E-state index in [1.54, 1.807) is 59.5 Å². The molecule has 0 bridgehead atoms. The molecule has 0 spiro atoms. The SMILES string of the molecule is CCc1cc(Nc2ncc(Cl)c(Nc3ccc(-c4ccnc5c4ccn5C)cc3P(C)(C)=O)n2)c(OC)cc1N1CCC(N2CCN(C)CC2)CC1.CCc1cc(Nc2ncc(Cl)c(Nc3ccc(B4OC(C)(C)C(C)(C)O4)cc3P(C)(C)=O)n2)c(OC)cc1N1CCC(N2CCN(C)CC2)CC1.Cn1ccc2c(Br)cncc21. The predicted molar refractivity (Wildman–Crippen MR) is 475 cm³/mol. The van der Waals surface area contributed by atoms with E-state index in [1.165, 1.54) is 40.7 Å². The molecule has 24 nitrogen and oxygen atoms in total. The van der Waals surface area contributed by atoms with Gasteiger partial charge in [-0.3, -0.25) is 14.8 Å². The molecular formula is C84H110BBrCl2N18O6P2. The van der Waals surface area contributed by atoms with Gasteiger partial charge in [-0.05, 0) is 205 Å². The van der Waals surface area contributed by atoms with Crippen molar-refractivity contribution in [3.05, 3.63) is 148 Å². The second-order valence-corrected chi connectivity index (χ2v) is 40.3. The fraction of sp³-hybridized carbons (Fsp3) is 0.452. The number of hydrogen-bond donors (Lipinski definition) is 4. The third-order valence-corrected chi connectivity index (χ3v) is 27.6. The van der Waals surface area contributed by atoms with E-state index < -0.39 is 32.6 Å². The van der Waals surface area contributed by atoms with Gasteiger partial charge in [-0.1, -0.05) is 49.2 Å². The number of ether oxygens (including phenoxy) is 2. The summed E-state index contributed by atoms with van der Waals surface area (Å²) >= 11 is 16.7. The number of benzene rings is 4. The number of aromatic nitrogens is 8. The summed E-state index contributed by atoms with van der Waals surface area (Å²) in [5.41, 5.74) is 11.6. The van der Waals surface area contributed by atoms with Gasteiger partial charge in [-0.15, -0.1) is 0 Å². The van der Waals surface area contributed by atoms with Gasteiger partial charge in [0.2, 0.25) is 11.9 Å². The van der Waals surface area contributed by atoms with Gasteiger partial charge in [0.05, 0.1) is 72.3 Å². The normalized spacial score (nSPS) is 17.5. The molecule has 4 aromatic carbocycles. The Labute approximate surface area is 690 Å². The van der Waals surface area contributed by atoms with E-state index in [4.69, 9.17) is 52.0 Å². The van der Waals surface area contributed by atoms with Gasteiger partial charge in [0.25, 0.3) is 0 Å². The molecule has 11 heterocycles. The van der Waals surface area contributed by atoms with Crippen LogP contribution in [0.3, 0.4) is 0 Å². The van der Waals surface area contributed by atoms with Gasteiger partial charge in [0.15, 0.2) is 11.6 Å². The van der Waals surface area contributed by atoms with Crippen molar-refractivity contribution in [3.63, 3.8) is 0 Å². The number of piperidine rings is 2. The lowest BCUT2D eigenvalue weighted by atomic mass is 9.79. The van der Waals surface area contributed by atoms with Crippen LogP contribution >= 0.6 is 53.4 Å². The van der Waals surface area contributed by atoms with Crippen molar-refractivity contribution in [3.8, 4) is 22.6 Å². The maximum atomic E-state index is 13.7. The zero-order valence-electron chi connectivity index (χ0n) is 68.7. The van der Waals surface area contributed by atoms with Gasteiger partial charge in [0.1, 0.15) is 41.5 Å². The first-order valence-corrected chi connectivity index (χ1v) is 46.2. The van der Waals surface area contributed by atoms with E-state index in [1.807, 2.05) is 118 Å². The highest BCUT2D eigenvalue weighted by atomic mass is 79.9. The molecule has 606 valence electrons. The summed E-state index contributed by atoms with van der Waals surface area (Å²) < 4.78 is 56.8. The summed E-state index contributed by atoms with van der Waals surface area (Å²) in [5.74, 6) is 2.96. The minimum Gasteiger partial charge on any atom is -0.494 e. The van der Waals surface area contributed by atoms with Gasteiger partial charge >= 0.3 is 7.12 Å². The van der Waals surface area contributed by atoms with E-state index >= 15 is 0 Å². The highest BCUT2D eigenvalue weighted by Gasteiger charge is 2.52. The number of rotatable bonds is 20. The predicted octanol–water partition coefficient (Wildman–Crippen LogP) is 15.5. The summed E-state index contributed by atoms with van der Waals surface area (Å²) in [5, 5.41) is 17.8. The van der Waals surface area contributed by atoms with Crippen molar-refractivity contribution < 1.29 is 27.9 Å². The first kappa shape index (κ1) is 84.1. The average molecular weight is 1690 g/mol. The Morgan fingerprint density at radius 2 is 1.01 bits per heavy atom. The topological polar surface area (TPSA) is 226 Å². The second kappa shape index (κ2) is 35.5. The summed E-state index contributed by atoms with van der Waals surface area (Å²) in [7, 11) is 5.73. The molecule has 114 heavy (non-hydrogen) atoms. The fourth-order valence-corrected chi connectivity index (χ4v) is 18.9. The number of fused-ring (bicyclic) bond motifs is 2. The minimum absolute atomic E-state index is 0.333. The first-order valence-electron chi connectivity index (χ1n) is 39.5. The van der Waals surface area contributed by atoms with E-state index in [0.29, 0.717) is 67.6 Å². The largest absolute Gasteiger partial charge is 0.494 e. The summed E-state index contributed by atoms with van der Waals surface area (Å²) in [6.07, 6.45) is 19.0. The smallest absolute Gasteiger partial charge is 0.494 e. The molecule has 5 aliphatic heterocycles. The Kier molecular flexibility index (Phi) is 26.2. The van der Waals surface area contributed by atoms with Crippen LogP contribution in [0.15, 0.2) is 127 Å². The van der Waals surface area contributed by atoms with Crippen molar-refractivity contribution in [2.45, 2.75) is 103 Å². The van der Waals surface area contributed by atoms with Crippen LogP contribution in [-0.2, 0) is 45.4 Å². The Balaban J connectivity index is 0.000000175. The number of aryl methyl sites for hydroxylation is 4. The third kappa shape index (κ3) is 19.1. The molecule has 5 aliphatic rings. The van der Waals surface area contributed by atoms with Crippen molar-refractivity contribution >= 4 is 156 Å². The van der Waals surface area contributed by atoms with E-state index in [0.717, 1.165) is 165 Å². The lowest BCUT2D eigenvalue weighted by Crippen LogP contribution is -2.52. The number of halogens is 3. The van der Waals surface area contributed by atoms with Crippen LogP contribution in [0.25, 0.3) is 33.1 Å². The quantitative estimate of drug-likeness (QED) is 0.0411. The van der Waals surface area contributed by atoms with E-state index in [9.17, 15) is 9.13 Å². The van der Waals surface area contributed by atoms with Crippen LogP contribution < -0.4 is 56.6 Å². The average Bonchev–Trinajstić information content (AvgIpc) is 1.60. The van der Waals surface area contributed by atoms with Crippen LogP contribution in [0.4, 0.5) is 57.7 Å². The van der Waals surface area contributed by atoms with Gasteiger partial charge in [0, 0.05) is 179 Å². The van der Waals surface area contributed by atoms with Crippen LogP contribution in [0.2, 0.25) is 10.0 Å². The molecule has 0 atom stereocenters. The first-order chi connectivity index (χ1) is 54.4. The molecule has 15 rings (SSSR count). The van der Waals surface area contributed by atoms with Crippen molar-refractivity contribution in [1.29, 1.82) is 0 Å². The van der Waals surface area contributed by atoms with Gasteiger partial charge in [-0.2, -0.15) is 9.97 Å². The second-order valence-electron chi connectivity index (χ2n) is 32.3. The molecular weight excluding hydrogens is 1580 g/mol. The Hall–Kier alpha value is -7.84. The van der Waals surface area contributed by atoms with Gasteiger partial charge < -0.3 is 77.9 Å². The standard InChI is InChI=1S/C39H49ClN9O2P.C37H54BClN7O4P.C8H7BrN2/c1-7-26-22-33(35(51-4)24-34(26)49-16-11-28(12-17-49)48-20-18-46(2)19-21-48)44-39-42-25-31(40)37(45-39)43-32-9-8-27(23-36(32)52(5,6)50)29-10-14-41-38-30(29)13-15-47(38)3;1-10-25-21-30(32(48-7)23-31(25)46-15-13-27(14-16-46)45-19-17-44(6)18-20-45)42-35-40-24-28(39)34(43-35)41-29-12-11-26(22-33(29)51(8,9)47)38-49-36(2,3)37(4,5)50-38;1-11-3-2-6-7(9)4-10-5-8(6)11/h8-10,13-15,22-25,28H,7,11-12,16-21H2,1-6H3,(H2,42,43,44,45);11-12,21-24,27H,10,13-20H2,1-9H3,(H2,40,41,42,43);2-5H,1H3. The number of pyridine rings is 2. The van der Waals surface area contributed by atoms with Crippen molar-refractivity contribution in [1.82, 2.24) is 58.6 Å². The number of nitrogens with one attached hydrogen (secondary N) is 4. The fourth-order valence-electron chi connectivity index (χ4n) is 15.8. The number of piperazine rings is 2. The molecule has 30 heteroatoms. The van der Waals surface area contributed by atoms with E-state index in [2.05, 4.69) is 151 Å². The molecule has 4 N–H and O–H groups in total. The van der Waals surface area contributed by atoms with Gasteiger partial charge in [-0.25, -0.2) is 15.0 Å². The maximum absolute atomic E-state index is 13.7. The monoisotopic (exact) mass is 1690 g/mol. The lowest BCUT2D eigenvalue weighted by molar-refractivity contribution is 0.00578. The minimum atomic E-state index is -2.76. The van der Waals surface area contributed by atoms with Crippen LogP contribution in [0.1, 0.15) is 78.4 Å². The van der Waals surface area contributed by atoms with Crippen LogP contribution in [0.5, 0.6) is 11.5 Å². The molecule has 0 aliphatic carbocycles. The molecule has 5 fully saturated rings. The van der Waals surface area contributed by atoms with Crippen molar-refractivity contribution in [2.24, 2.45) is 14.1 Å². The molecule has 6 aromatic heterocycles. The summed E-state index contributed by atoms with van der Waals surface area (Å²) in [4.78, 5) is 42.3. The lowest BCUT2D eigenvalue weighted by Gasteiger charge is -2.43. The highest BCUT2D eigenvalue weighted by molar-refractivity contribution is 9.10. The molecule has 0 amide bonds. The molecule has 10 aromatic rings. The molecule has 0 unspecified atom stereocenters. The summed E-state index contributed by atoms with van der Waals surface area (Å²) in [6, 6.07) is 27.6. The molecule has 0 radical (unpaired) electrons. The Bertz CT molecular complexity index is 5170. The number of methoxy groups -OCH3 is 2. The number of anilines is 10. The van der Waals surface area contributed by atoms with Crippen molar-refractivity contribution in [2.75, 3.05) is 165 Å². The maximum Gasteiger partial charge on any atom is 0.494 e. The summed E-state index contributed by atoms with van der Waals surface area (Å²) in [6.45, 7) is 32.8. The number of hydrogen-bond acceptors (Lipinski definition) is 22. The highest BCUT2D eigenvalue weighted by Crippen LogP contribution is 2.45. The Morgan fingerprint density at radius 1 is 0.544 bits per heavy atom. The Morgan fingerprint density at radius 3 is 1.47 bits per heavy atom. The third-order valence-electron chi connectivity index (χ3n) is 23.3. The van der Waals surface area contributed by atoms with E-state index in [-0.39, 0.29) is 0 Å². The molecule has 5 saturated heterocycles. The molecule has 0 saturated carbocycles. The van der Waals surface area contributed by atoms with Crippen LogP contribution in [-0.4, -0.2) is 223 Å². The zero-order chi connectivity index (χ0) is 81.1.